The van der Waals surface area contributed by atoms with Crippen LogP contribution in [0.2, 0.25) is 0 Å². The van der Waals surface area contributed by atoms with Crippen molar-refractivity contribution < 1.29 is 9.30 Å². The molecule has 0 unspecified atom stereocenters. The van der Waals surface area contributed by atoms with Gasteiger partial charge in [-0.2, -0.15) is 0 Å². The van der Waals surface area contributed by atoms with Crippen molar-refractivity contribution in [2.45, 2.75) is 90.9 Å². The Hall–Kier alpha value is -7.50. The molecule has 0 spiro atoms. The van der Waals surface area contributed by atoms with Crippen molar-refractivity contribution in [3.05, 3.63) is 234 Å². The molecule has 344 valence electrons. The first-order valence-corrected chi connectivity index (χ1v) is 24.2. The van der Waals surface area contributed by atoms with Crippen LogP contribution >= 0.6 is 0 Å². The van der Waals surface area contributed by atoms with Gasteiger partial charge in [0.1, 0.15) is 17.3 Å². The van der Waals surface area contributed by atoms with Crippen LogP contribution in [-0.4, -0.2) is 14.1 Å². The summed E-state index contributed by atoms with van der Waals surface area (Å²) in [6.45, 7) is 22.8. The summed E-state index contributed by atoms with van der Waals surface area (Å²) >= 11 is 0. The number of benzene rings is 7. The van der Waals surface area contributed by atoms with E-state index < -0.39 is 5.41 Å². The molecule has 3 heterocycles. The van der Waals surface area contributed by atoms with E-state index in [0.29, 0.717) is 0 Å². The highest BCUT2D eigenvalue weighted by Crippen LogP contribution is 2.45. The summed E-state index contributed by atoms with van der Waals surface area (Å²) in [6, 6.07) is 65.2. The van der Waals surface area contributed by atoms with Crippen LogP contribution in [0.1, 0.15) is 103 Å². The molecule has 0 saturated heterocycles. The Morgan fingerprint density at radius 2 is 1.09 bits per heavy atom. The molecule has 0 N–H and O–H groups in total. The number of rotatable bonds is 10. The minimum absolute atomic E-state index is 0.0177. The summed E-state index contributed by atoms with van der Waals surface area (Å²) in [7, 11) is 0. The molecule has 0 radical (unpaired) electrons. The van der Waals surface area contributed by atoms with Crippen molar-refractivity contribution in [2.24, 2.45) is 0 Å². The smallest absolute Gasteiger partial charge is 0.269 e. The van der Waals surface area contributed by atoms with E-state index in [-0.39, 0.29) is 16.2 Å². The van der Waals surface area contributed by atoms with Crippen LogP contribution in [0.25, 0.3) is 50.3 Å². The molecule has 0 saturated carbocycles. The summed E-state index contributed by atoms with van der Waals surface area (Å²) in [6.07, 6.45) is 7.94. The third kappa shape index (κ3) is 8.56. The number of pyridine rings is 1. The minimum Gasteiger partial charge on any atom is -0.458 e. The maximum absolute atomic E-state index is 7.35. The zero-order chi connectivity index (χ0) is 48.3. The number of hydrogen-bond acceptors (Lipinski definition) is 2. The van der Waals surface area contributed by atoms with E-state index in [1.165, 1.54) is 38.6 Å². The minimum atomic E-state index is -0.400. The molecule has 0 aliphatic heterocycles. The normalized spacial score (nSPS) is 12.5. The molecular formula is C64H62N4O. The lowest BCUT2D eigenvalue weighted by molar-refractivity contribution is -0.588. The third-order valence-electron chi connectivity index (χ3n) is 14.1. The second-order valence-electron chi connectivity index (χ2n) is 21.7. The predicted octanol–water partition coefficient (Wildman–Crippen LogP) is 15.8. The monoisotopic (exact) mass is 902 g/mol. The highest BCUT2D eigenvalue weighted by Gasteiger charge is 2.31. The fraction of sp³-hybridized carbons (Fsp3) is 0.219. The average molecular weight is 903 g/mol. The van der Waals surface area contributed by atoms with Crippen LogP contribution in [0.4, 0.5) is 0 Å². The fourth-order valence-corrected chi connectivity index (χ4v) is 9.81. The summed E-state index contributed by atoms with van der Waals surface area (Å²) in [5.74, 6) is 2.35. The summed E-state index contributed by atoms with van der Waals surface area (Å²) in [4.78, 5) is 5.06. The number of nitrogens with zero attached hydrogens (tertiary/aromatic N) is 4. The van der Waals surface area contributed by atoms with Crippen LogP contribution in [-0.2, 0) is 21.7 Å². The van der Waals surface area contributed by atoms with Gasteiger partial charge in [0, 0.05) is 40.1 Å². The van der Waals surface area contributed by atoms with E-state index in [2.05, 4.69) is 277 Å². The molecule has 0 aliphatic rings. The molecule has 0 fully saturated rings. The summed E-state index contributed by atoms with van der Waals surface area (Å²) < 4.78 is 14.0. The van der Waals surface area contributed by atoms with Gasteiger partial charge in [-0.25, -0.2) is 4.98 Å². The fourth-order valence-electron chi connectivity index (χ4n) is 9.81. The lowest BCUT2D eigenvalue weighted by atomic mass is 9.76. The zero-order valence-corrected chi connectivity index (χ0v) is 41.7. The lowest BCUT2D eigenvalue weighted by Gasteiger charge is -2.29. The molecular weight excluding hydrogens is 841 g/mol. The number of hydrogen-bond donors (Lipinski definition) is 0. The number of fused-ring (bicyclic) bond motifs is 3. The standard InChI is InChI=1S/C64H62N4O/c1-61(2,3)47-29-22-30-50(35-47)67-43-66(42-58(67)44-23-14-11-15-24-44)51-36-49(63(7,8)45-25-16-12-17-26-45)37-52(39-51)69-53-40-55(64(9,10)46-27-18-13-19-28-46)60-54-31-20-21-32-56(54)68(57(60)41-53)59-38-48(33-34-65-59)62(4,5)6/h11-42H,1-10H3. The molecule has 0 amide bonds. The van der Waals surface area contributed by atoms with Gasteiger partial charge in [-0.15, -0.1) is 0 Å². The van der Waals surface area contributed by atoms with Gasteiger partial charge in [0.15, 0.2) is 0 Å². The van der Waals surface area contributed by atoms with Gasteiger partial charge < -0.3 is 4.74 Å². The van der Waals surface area contributed by atoms with E-state index in [1.54, 1.807) is 0 Å². The van der Waals surface area contributed by atoms with E-state index in [9.17, 15) is 0 Å². The molecule has 5 heteroatoms. The molecule has 7 aromatic carbocycles. The maximum atomic E-state index is 7.35. The van der Waals surface area contributed by atoms with Crippen molar-refractivity contribution in [3.8, 4) is 39.9 Å². The third-order valence-corrected chi connectivity index (χ3v) is 14.1. The van der Waals surface area contributed by atoms with Gasteiger partial charge >= 0.3 is 0 Å². The van der Waals surface area contributed by atoms with Crippen molar-refractivity contribution in [1.82, 2.24) is 14.1 Å². The van der Waals surface area contributed by atoms with Gasteiger partial charge in [0.25, 0.3) is 6.33 Å². The van der Waals surface area contributed by atoms with E-state index in [0.717, 1.165) is 56.5 Å². The Labute approximate surface area is 408 Å². The van der Waals surface area contributed by atoms with Gasteiger partial charge in [0.2, 0.25) is 0 Å². The van der Waals surface area contributed by atoms with E-state index in [4.69, 9.17) is 9.72 Å². The first kappa shape index (κ1) is 45.3. The molecule has 3 aromatic heterocycles. The SMILES string of the molecule is CC(C)(C)c1cccc(-[n+]2[c-]n(-c3cc(Oc4cc(C(C)(C)c5ccccc5)c5c6ccccc6n(-c6cc(C(C)(C)C)ccn6)c5c4)cc(C(C)(C)c4ccccc4)c3)cc2-c2ccccc2)c1. The average Bonchev–Trinajstić information content (AvgIpc) is 3.95. The Morgan fingerprint density at radius 1 is 0.493 bits per heavy atom. The molecule has 5 nitrogen and oxygen atoms in total. The van der Waals surface area contributed by atoms with Gasteiger partial charge in [-0.3, -0.25) is 13.7 Å². The lowest BCUT2D eigenvalue weighted by Crippen LogP contribution is -2.32. The van der Waals surface area contributed by atoms with Crippen molar-refractivity contribution in [2.75, 3.05) is 0 Å². The Kier molecular flexibility index (Phi) is 11.3. The van der Waals surface area contributed by atoms with Crippen LogP contribution in [0.5, 0.6) is 11.5 Å². The number of para-hydroxylation sites is 1. The van der Waals surface area contributed by atoms with Crippen LogP contribution in [0.15, 0.2) is 194 Å². The second kappa shape index (κ2) is 17.2. The van der Waals surface area contributed by atoms with Crippen molar-refractivity contribution in [3.63, 3.8) is 0 Å². The second-order valence-corrected chi connectivity index (χ2v) is 21.7. The molecule has 0 atom stereocenters. The number of imidazole rings is 1. The molecule has 10 rings (SSSR count). The van der Waals surface area contributed by atoms with Crippen LogP contribution in [0.3, 0.4) is 0 Å². The van der Waals surface area contributed by atoms with Crippen LogP contribution in [0, 0.1) is 6.33 Å². The quantitative estimate of drug-likeness (QED) is 0.101. The van der Waals surface area contributed by atoms with Gasteiger partial charge in [-0.05, 0) is 104 Å². The first-order valence-electron chi connectivity index (χ1n) is 24.2. The molecule has 69 heavy (non-hydrogen) atoms. The largest absolute Gasteiger partial charge is 0.458 e. The van der Waals surface area contributed by atoms with Crippen molar-refractivity contribution >= 4 is 21.8 Å². The molecule has 10 aromatic rings. The highest BCUT2D eigenvalue weighted by atomic mass is 16.5. The highest BCUT2D eigenvalue weighted by molar-refractivity contribution is 6.11. The first-order chi connectivity index (χ1) is 33.0. The van der Waals surface area contributed by atoms with Gasteiger partial charge in [0.05, 0.1) is 28.1 Å². The zero-order valence-electron chi connectivity index (χ0n) is 41.7. The summed E-state index contributed by atoms with van der Waals surface area (Å²) in [5.41, 5.74) is 12.6. The van der Waals surface area contributed by atoms with Crippen molar-refractivity contribution in [1.29, 1.82) is 0 Å². The van der Waals surface area contributed by atoms with Gasteiger partial charge in [-0.1, -0.05) is 191 Å². The summed E-state index contributed by atoms with van der Waals surface area (Å²) in [5, 5.41) is 2.36. The number of ether oxygens (including phenoxy) is 1. The Balaban J connectivity index is 1.21. The Morgan fingerprint density at radius 3 is 1.77 bits per heavy atom. The molecule has 0 aliphatic carbocycles. The maximum Gasteiger partial charge on any atom is 0.269 e. The predicted molar refractivity (Wildman–Crippen MR) is 285 cm³/mol. The topological polar surface area (TPSA) is 35.9 Å². The molecule has 0 bridgehead atoms. The Bertz CT molecular complexity index is 3470. The van der Waals surface area contributed by atoms with Crippen LogP contribution < -0.4 is 9.30 Å². The number of aromatic nitrogens is 4. The van der Waals surface area contributed by atoms with E-state index in [1.807, 2.05) is 6.20 Å². The van der Waals surface area contributed by atoms with E-state index >= 15 is 0 Å².